The zero-order valence-electron chi connectivity index (χ0n) is 27.7. The number of hydrogen-bond acceptors (Lipinski definition) is 12. The van der Waals surface area contributed by atoms with E-state index in [0.717, 1.165) is 12.8 Å². The standard InChI is InChI=1S/C16H30O4.2C8H16O4/c1-3-4-5-6-7-8-9-10-11-12-13-20-16(18)14-15(17)19-2;2*1-2-10-5-6-12-8-7-11-4-3-9-1/h3-14H2,1-2H3;2*1-8H2. The smallest absolute Gasteiger partial charge is 0.317 e. The predicted molar refractivity (Wildman–Crippen MR) is 166 cm³/mol. The summed E-state index contributed by atoms with van der Waals surface area (Å²) in [5.41, 5.74) is 0. The van der Waals surface area contributed by atoms with Crippen molar-refractivity contribution in [3.05, 3.63) is 0 Å². The summed E-state index contributed by atoms with van der Waals surface area (Å²) in [6, 6.07) is 0. The molecule has 0 spiro atoms. The maximum atomic E-state index is 11.1. The van der Waals surface area contributed by atoms with Gasteiger partial charge in [-0.2, -0.15) is 0 Å². The lowest BCUT2D eigenvalue weighted by Gasteiger charge is -2.09. The lowest BCUT2D eigenvalue weighted by atomic mass is 10.1. The molecule has 2 rings (SSSR count). The molecular weight excluding hydrogens is 576 g/mol. The monoisotopic (exact) mass is 638 g/mol. The molecule has 0 amide bonds. The van der Waals surface area contributed by atoms with Crippen molar-refractivity contribution in [1.82, 2.24) is 0 Å². The fourth-order valence-electron chi connectivity index (χ4n) is 3.78. The first-order valence-corrected chi connectivity index (χ1v) is 16.5. The van der Waals surface area contributed by atoms with Crippen molar-refractivity contribution in [2.45, 2.75) is 77.6 Å². The quantitative estimate of drug-likeness (QED) is 0.163. The second-order valence-electron chi connectivity index (χ2n) is 10.1. The second kappa shape index (κ2) is 37.8. The molecule has 12 heteroatoms. The van der Waals surface area contributed by atoms with Gasteiger partial charge in [0.25, 0.3) is 0 Å². The van der Waals surface area contributed by atoms with Crippen molar-refractivity contribution in [1.29, 1.82) is 0 Å². The number of ether oxygens (including phenoxy) is 10. The summed E-state index contributed by atoms with van der Waals surface area (Å²) < 4.78 is 51.1. The Morgan fingerprint density at radius 2 is 0.705 bits per heavy atom. The highest BCUT2D eigenvalue weighted by molar-refractivity contribution is 5.91. The average Bonchev–Trinajstić information content (AvgIpc) is 3.01. The third-order valence-electron chi connectivity index (χ3n) is 6.25. The van der Waals surface area contributed by atoms with Gasteiger partial charge in [-0.25, -0.2) is 0 Å². The normalized spacial score (nSPS) is 17.8. The molecule has 0 bridgehead atoms. The predicted octanol–water partition coefficient (Wildman–Crippen LogP) is 4.15. The van der Waals surface area contributed by atoms with E-state index in [4.69, 9.17) is 42.6 Å². The van der Waals surface area contributed by atoms with E-state index in [-0.39, 0.29) is 6.42 Å². The minimum absolute atomic E-state index is 0.283. The maximum Gasteiger partial charge on any atom is 0.317 e. The average molecular weight is 639 g/mol. The summed E-state index contributed by atoms with van der Waals surface area (Å²) in [6.07, 6.45) is 12.2. The van der Waals surface area contributed by atoms with Crippen LogP contribution in [0.2, 0.25) is 0 Å². The van der Waals surface area contributed by atoms with Crippen LogP contribution in [0.15, 0.2) is 0 Å². The van der Waals surface area contributed by atoms with E-state index in [2.05, 4.69) is 11.7 Å². The van der Waals surface area contributed by atoms with Gasteiger partial charge >= 0.3 is 11.9 Å². The van der Waals surface area contributed by atoms with Crippen LogP contribution >= 0.6 is 0 Å². The van der Waals surface area contributed by atoms with Gasteiger partial charge in [0.15, 0.2) is 0 Å². The number of carbonyl (C=O) groups excluding carboxylic acids is 2. The summed E-state index contributed by atoms with van der Waals surface area (Å²) in [6.45, 7) is 12.9. The second-order valence-corrected chi connectivity index (χ2v) is 10.1. The Hall–Kier alpha value is -1.38. The number of hydrogen-bond donors (Lipinski definition) is 0. The molecule has 2 heterocycles. The Morgan fingerprint density at radius 1 is 0.432 bits per heavy atom. The highest BCUT2D eigenvalue weighted by Crippen LogP contribution is 2.10. The lowest BCUT2D eigenvalue weighted by molar-refractivity contribution is -0.153. The van der Waals surface area contributed by atoms with Gasteiger partial charge in [0.2, 0.25) is 0 Å². The summed E-state index contributed by atoms with van der Waals surface area (Å²) >= 11 is 0. The van der Waals surface area contributed by atoms with Gasteiger partial charge in [0.05, 0.1) is 119 Å². The van der Waals surface area contributed by atoms with Crippen LogP contribution in [0, 0.1) is 0 Å². The van der Waals surface area contributed by atoms with E-state index < -0.39 is 11.9 Å². The third kappa shape index (κ3) is 36.8. The summed E-state index contributed by atoms with van der Waals surface area (Å²) in [7, 11) is 1.26. The summed E-state index contributed by atoms with van der Waals surface area (Å²) in [4.78, 5) is 22.0. The van der Waals surface area contributed by atoms with Crippen molar-refractivity contribution in [2.75, 3.05) is 119 Å². The maximum absolute atomic E-state index is 11.1. The molecule has 2 saturated heterocycles. The third-order valence-corrected chi connectivity index (χ3v) is 6.25. The Bertz CT molecular complexity index is 484. The van der Waals surface area contributed by atoms with E-state index in [1.54, 1.807) is 0 Å². The van der Waals surface area contributed by atoms with Gasteiger partial charge in [-0.15, -0.1) is 0 Å². The highest BCUT2D eigenvalue weighted by Gasteiger charge is 2.09. The van der Waals surface area contributed by atoms with Crippen LogP contribution < -0.4 is 0 Å². The Kier molecular flexibility index (Phi) is 36.6. The Labute approximate surface area is 266 Å². The molecule has 44 heavy (non-hydrogen) atoms. The van der Waals surface area contributed by atoms with E-state index >= 15 is 0 Å². The molecule has 0 aromatic rings. The molecule has 0 aromatic heterocycles. The minimum atomic E-state index is -0.543. The molecule has 0 unspecified atom stereocenters. The molecule has 262 valence electrons. The zero-order valence-corrected chi connectivity index (χ0v) is 27.7. The zero-order chi connectivity index (χ0) is 32.0. The molecule has 0 aromatic carbocycles. The topological polar surface area (TPSA) is 126 Å². The molecule has 0 radical (unpaired) electrons. The van der Waals surface area contributed by atoms with E-state index in [0.29, 0.717) is 112 Å². The summed E-state index contributed by atoms with van der Waals surface area (Å²) in [5, 5.41) is 0. The van der Waals surface area contributed by atoms with Crippen LogP contribution in [0.4, 0.5) is 0 Å². The number of rotatable bonds is 13. The van der Waals surface area contributed by atoms with Crippen molar-refractivity contribution in [3.63, 3.8) is 0 Å². The molecule has 0 atom stereocenters. The van der Waals surface area contributed by atoms with Gasteiger partial charge in [-0.1, -0.05) is 64.7 Å². The fourth-order valence-corrected chi connectivity index (χ4v) is 3.78. The SMILES string of the molecule is C1COCCOCCOCCO1.C1COCCOCCOCCO1.CCCCCCCCCCCCOC(=O)CC(=O)OC. The van der Waals surface area contributed by atoms with Crippen molar-refractivity contribution >= 4 is 11.9 Å². The minimum Gasteiger partial charge on any atom is -0.469 e. The number of methoxy groups -OCH3 is 1. The number of esters is 2. The van der Waals surface area contributed by atoms with Crippen LogP contribution in [-0.4, -0.2) is 131 Å². The first-order valence-electron chi connectivity index (χ1n) is 16.5. The van der Waals surface area contributed by atoms with Gasteiger partial charge in [-0.3, -0.25) is 9.59 Å². The van der Waals surface area contributed by atoms with Gasteiger partial charge < -0.3 is 47.4 Å². The van der Waals surface area contributed by atoms with E-state index in [9.17, 15) is 9.59 Å². The Morgan fingerprint density at radius 3 is 0.977 bits per heavy atom. The largest absolute Gasteiger partial charge is 0.469 e. The van der Waals surface area contributed by atoms with Gasteiger partial charge in [-0.05, 0) is 6.42 Å². The van der Waals surface area contributed by atoms with Crippen molar-refractivity contribution in [3.8, 4) is 0 Å². The summed E-state index contributed by atoms with van der Waals surface area (Å²) in [5.74, 6) is -1.04. The molecule has 12 nitrogen and oxygen atoms in total. The van der Waals surface area contributed by atoms with Crippen LogP contribution in [0.3, 0.4) is 0 Å². The molecule has 2 fully saturated rings. The molecule has 0 aliphatic carbocycles. The molecule has 0 saturated carbocycles. The van der Waals surface area contributed by atoms with Crippen molar-refractivity contribution < 1.29 is 57.0 Å². The van der Waals surface area contributed by atoms with Gasteiger partial charge in [0.1, 0.15) is 6.42 Å². The first kappa shape index (κ1) is 42.6. The van der Waals surface area contributed by atoms with Crippen molar-refractivity contribution in [2.24, 2.45) is 0 Å². The fraction of sp³-hybridized carbons (Fsp3) is 0.938. The number of carbonyl (C=O) groups is 2. The molecule has 0 N–H and O–H groups in total. The molecule has 2 aliphatic heterocycles. The molecular formula is C32H62O12. The van der Waals surface area contributed by atoms with Crippen LogP contribution in [0.5, 0.6) is 0 Å². The molecule has 2 aliphatic rings. The number of unbranched alkanes of at least 4 members (excludes halogenated alkanes) is 9. The van der Waals surface area contributed by atoms with Crippen LogP contribution in [0.1, 0.15) is 77.6 Å². The van der Waals surface area contributed by atoms with Crippen LogP contribution in [0.25, 0.3) is 0 Å². The highest BCUT2D eigenvalue weighted by atomic mass is 16.6. The van der Waals surface area contributed by atoms with Gasteiger partial charge in [0, 0.05) is 0 Å². The first-order chi connectivity index (χ1) is 21.7. The lowest BCUT2D eigenvalue weighted by Crippen LogP contribution is -2.16. The van der Waals surface area contributed by atoms with E-state index in [1.165, 1.54) is 58.5 Å². The van der Waals surface area contributed by atoms with E-state index in [1.807, 2.05) is 0 Å². The van der Waals surface area contributed by atoms with Crippen LogP contribution in [-0.2, 0) is 57.0 Å². The Balaban J connectivity index is 0.000000663.